The van der Waals surface area contributed by atoms with E-state index in [1.54, 1.807) is 4.90 Å². The highest BCUT2D eigenvalue weighted by Gasteiger charge is 2.23. The lowest BCUT2D eigenvalue weighted by Crippen LogP contribution is -2.51. The summed E-state index contributed by atoms with van der Waals surface area (Å²) < 4.78 is 34.1. The Morgan fingerprint density at radius 3 is 2.45 bits per heavy atom. The van der Waals surface area contributed by atoms with Crippen molar-refractivity contribution in [3.63, 3.8) is 0 Å². The molecule has 2 aromatic carbocycles. The molecule has 166 valence electrons. The zero-order valence-electron chi connectivity index (χ0n) is 16.8. The van der Waals surface area contributed by atoms with Crippen LogP contribution in [0.5, 0.6) is 11.5 Å². The van der Waals surface area contributed by atoms with E-state index < -0.39 is 12.5 Å². The third-order valence-corrected chi connectivity index (χ3v) is 5.19. The van der Waals surface area contributed by atoms with Gasteiger partial charge in [0.25, 0.3) is 5.91 Å². The zero-order valence-corrected chi connectivity index (χ0v) is 17.6. The maximum Gasteiger partial charge on any atom is 0.387 e. The number of nitrogens with one attached hydrogen (secondary N) is 1. The van der Waals surface area contributed by atoms with Gasteiger partial charge < -0.3 is 24.6 Å². The lowest BCUT2D eigenvalue weighted by molar-refractivity contribution is -0.130. The number of ether oxygens (including phenoxy) is 2. The molecule has 1 fully saturated rings. The Morgan fingerprint density at radius 2 is 1.81 bits per heavy atom. The molecule has 0 atom stereocenters. The van der Waals surface area contributed by atoms with E-state index >= 15 is 0 Å². The summed E-state index contributed by atoms with van der Waals surface area (Å²) >= 11 is 6.23. The number of hydrogen-bond acceptors (Lipinski definition) is 5. The van der Waals surface area contributed by atoms with Gasteiger partial charge in [0, 0.05) is 31.7 Å². The summed E-state index contributed by atoms with van der Waals surface area (Å²) in [5, 5.41) is 3.21. The zero-order chi connectivity index (χ0) is 22.4. The molecule has 2 amide bonds. The van der Waals surface area contributed by atoms with Crippen LogP contribution in [-0.2, 0) is 4.79 Å². The molecule has 0 bridgehead atoms. The molecule has 0 aromatic heterocycles. The SMILES string of the molecule is COc1cc(C(=O)NCC(=O)N2CCN(c3ccccc3Cl)CC2)ccc1OC(F)F. The summed E-state index contributed by atoms with van der Waals surface area (Å²) in [6, 6.07) is 11.4. The van der Waals surface area contributed by atoms with Crippen LogP contribution in [0.1, 0.15) is 10.4 Å². The molecule has 1 aliphatic rings. The fraction of sp³-hybridized carbons (Fsp3) is 0.333. The molecule has 0 saturated carbocycles. The van der Waals surface area contributed by atoms with Crippen LogP contribution < -0.4 is 19.7 Å². The van der Waals surface area contributed by atoms with E-state index in [1.807, 2.05) is 24.3 Å². The number of halogens is 3. The Kier molecular flexibility index (Phi) is 7.51. The number of anilines is 1. The molecule has 3 rings (SSSR count). The van der Waals surface area contributed by atoms with Crippen LogP contribution in [0.15, 0.2) is 42.5 Å². The molecule has 10 heteroatoms. The average Bonchev–Trinajstić information content (AvgIpc) is 2.77. The third-order valence-electron chi connectivity index (χ3n) is 4.87. The minimum absolute atomic E-state index is 0.00466. The van der Waals surface area contributed by atoms with Crippen LogP contribution in [-0.4, -0.2) is 63.2 Å². The summed E-state index contributed by atoms with van der Waals surface area (Å²) in [4.78, 5) is 28.6. The molecule has 0 unspecified atom stereocenters. The topological polar surface area (TPSA) is 71.1 Å². The second kappa shape index (κ2) is 10.3. The number of nitrogens with zero attached hydrogens (tertiary/aromatic N) is 2. The first-order valence-electron chi connectivity index (χ1n) is 9.57. The quantitative estimate of drug-likeness (QED) is 0.697. The number of rotatable bonds is 7. The fourth-order valence-electron chi connectivity index (χ4n) is 3.28. The van der Waals surface area contributed by atoms with Crippen molar-refractivity contribution in [1.29, 1.82) is 0 Å². The second-order valence-corrected chi connectivity index (χ2v) is 7.15. The van der Waals surface area contributed by atoms with E-state index in [1.165, 1.54) is 25.3 Å². The van der Waals surface area contributed by atoms with E-state index in [4.69, 9.17) is 16.3 Å². The Morgan fingerprint density at radius 1 is 1.10 bits per heavy atom. The molecule has 1 N–H and O–H groups in total. The maximum atomic E-state index is 12.5. The standard InChI is InChI=1S/C21H22ClF2N3O4/c1-30-18-12-14(6-7-17(18)31-21(23)24)20(29)25-13-19(28)27-10-8-26(9-11-27)16-5-3-2-4-15(16)22/h2-7,12,21H,8-11,13H2,1H3,(H,25,29). The smallest absolute Gasteiger partial charge is 0.387 e. The highest BCUT2D eigenvalue weighted by Crippen LogP contribution is 2.29. The van der Waals surface area contributed by atoms with Gasteiger partial charge in [-0.25, -0.2) is 0 Å². The van der Waals surface area contributed by atoms with Gasteiger partial charge in [0.05, 0.1) is 24.4 Å². The summed E-state index contributed by atoms with van der Waals surface area (Å²) in [6.45, 7) is -0.911. The first kappa shape index (κ1) is 22.6. The van der Waals surface area contributed by atoms with Crippen LogP contribution in [0.4, 0.5) is 14.5 Å². The van der Waals surface area contributed by atoms with Gasteiger partial charge in [0.1, 0.15) is 0 Å². The highest BCUT2D eigenvalue weighted by molar-refractivity contribution is 6.33. The number of carbonyl (C=O) groups excluding carboxylic acids is 2. The molecule has 0 aliphatic carbocycles. The van der Waals surface area contributed by atoms with Gasteiger partial charge in [0.15, 0.2) is 11.5 Å². The minimum Gasteiger partial charge on any atom is -0.493 e. The number of hydrogen-bond donors (Lipinski definition) is 1. The van der Waals surface area contributed by atoms with Crippen molar-refractivity contribution in [2.75, 3.05) is 44.7 Å². The normalized spacial score (nSPS) is 13.8. The van der Waals surface area contributed by atoms with Crippen LogP contribution in [0.2, 0.25) is 5.02 Å². The summed E-state index contributed by atoms with van der Waals surface area (Å²) in [6.07, 6.45) is 0. The Hall–Kier alpha value is -3.07. The van der Waals surface area contributed by atoms with Gasteiger partial charge in [0.2, 0.25) is 5.91 Å². The van der Waals surface area contributed by atoms with Crippen molar-refractivity contribution < 1.29 is 27.8 Å². The van der Waals surface area contributed by atoms with Gasteiger partial charge in [-0.2, -0.15) is 8.78 Å². The molecule has 1 aliphatic heterocycles. The summed E-state index contributed by atoms with van der Waals surface area (Å²) in [7, 11) is 1.28. The first-order valence-corrected chi connectivity index (χ1v) is 9.95. The lowest BCUT2D eigenvalue weighted by Gasteiger charge is -2.36. The van der Waals surface area contributed by atoms with E-state index in [0.29, 0.717) is 31.2 Å². The Balaban J connectivity index is 1.52. The average molecular weight is 454 g/mol. The molecule has 1 heterocycles. The fourth-order valence-corrected chi connectivity index (χ4v) is 3.53. The third kappa shape index (κ3) is 5.75. The van der Waals surface area contributed by atoms with Crippen LogP contribution in [0.25, 0.3) is 0 Å². The largest absolute Gasteiger partial charge is 0.493 e. The molecule has 1 saturated heterocycles. The highest BCUT2D eigenvalue weighted by atomic mass is 35.5. The molecule has 2 aromatic rings. The van der Waals surface area contributed by atoms with E-state index in [9.17, 15) is 18.4 Å². The molecule has 0 radical (unpaired) electrons. The molecular formula is C21H22ClF2N3O4. The number of amides is 2. The number of benzene rings is 2. The minimum atomic E-state index is -3.01. The first-order chi connectivity index (χ1) is 14.9. The van der Waals surface area contributed by atoms with Gasteiger partial charge in [-0.15, -0.1) is 0 Å². The predicted molar refractivity (Wildman–Crippen MR) is 112 cm³/mol. The summed E-state index contributed by atoms with van der Waals surface area (Å²) in [5.41, 5.74) is 1.09. The van der Waals surface area contributed by atoms with Crippen molar-refractivity contribution in [3.05, 3.63) is 53.1 Å². The van der Waals surface area contributed by atoms with Crippen LogP contribution in [0.3, 0.4) is 0 Å². The van der Waals surface area contributed by atoms with Crippen molar-refractivity contribution in [2.45, 2.75) is 6.61 Å². The van der Waals surface area contributed by atoms with E-state index in [0.717, 1.165) is 5.69 Å². The van der Waals surface area contributed by atoms with Crippen molar-refractivity contribution >= 4 is 29.1 Å². The van der Waals surface area contributed by atoms with Crippen LogP contribution >= 0.6 is 11.6 Å². The number of para-hydroxylation sites is 1. The predicted octanol–water partition coefficient (Wildman–Crippen LogP) is 3.03. The van der Waals surface area contributed by atoms with Crippen molar-refractivity contribution in [2.24, 2.45) is 0 Å². The number of alkyl halides is 2. The lowest BCUT2D eigenvalue weighted by atomic mass is 10.2. The molecule has 31 heavy (non-hydrogen) atoms. The van der Waals surface area contributed by atoms with Gasteiger partial charge in [-0.3, -0.25) is 9.59 Å². The van der Waals surface area contributed by atoms with Crippen molar-refractivity contribution in [3.8, 4) is 11.5 Å². The van der Waals surface area contributed by atoms with E-state index in [2.05, 4.69) is 15.0 Å². The van der Waals surface area contributed by atoms with Gasteiger partial charge in [-0.05, 0) is 30.3 Å². The number of piperazine rings is 1. The van der Waals surface area contributed by atoms with Crippen molar-refractivity contribution in [1.82, 2.24) is 10.2 Å². The molecular weight excluding hydrogens is 432 g/mol. The maximum absolute atomic E-state index is 12.5. The molecule has 7 nitrogen and oxygen atoms in total. The van der Waals surface area contributed by atoms with Gasteiger partial charge >= 0.3 is 6.61 Å². The Labute approximate surface area is 183 Å². The molecule has 0 spiro atoms. The Bertz CT molecular complexity index is 937. The number of carbonyl (C=O) groups is 2. The van der Waals surface area contributed by atoms with Gasteiger partial charge in [-0.1, -0.05) is 23.7 Å². The summed E-state index contributed by atoms with van der Waals surface area (Å²) in [5.74, 6) is -0.918. The van der Waals surface area contributed by atoms with Crippen LogP contribution in [0, 0.1) is 0 Å². The number of methoxy groups -OCH3 is 1. The van der Waals surface area contributed by atoms with E-state index in [-0.39, 0.29) is 29.5 Å². The second-order valence-electron chi connectivity index (χ2n) is 6.75. The monoisotopic (exact) mass is 453 g/mol.